The summed E-state index contributed by atoms with van der Waals surface area (Å²) in [5.41, 5.74) is 10.5. The molecule has 2 aromatic heterocycles. The molecule has 1 aliphatic rings. The van der Waals surface area contributed by atoms with Crippen LogP contribution in [0.3, 0.4) is 0 Å². The minimum atomic E-state index is -0.132. The van der Waals surface area contributed by atoms with Crippen LogP contribution in [0.4, 0.5) is 0 Å². The molecule has 0 saturated heterocycles. The van der Waals surface area contributed by atoms with Crippen LogP contribution >= 0.6 is 0 Å². The minimum absolute atomic E-state index is 0.132. The Morgan fingerprint density at radius 1 is 0.400 bits per heavy atom. The molecule has 0 radical (unpaired) electrons. The third-order valence-corrected chi connectivity index (χ3v) is 13.9. The van der Waals surface area contributed by atoms with E-state index in [4.69, 9.17) is 9.97 Å². The molecule has 11 aromatic carbocycles. The molecular formula is C57H35N3. The summed E-state index contributed by atoms with van der Waals surface area (Å²) in [6, 6.07) is 64.9. The van der Waals surface area contributed by atoms with E-state index in [0.29, 0.717) is 5.95 Å². The summed E-state index contributed by atoms with van der Waals surface area (Å²) in [5.74, 6) is 0.670. The van der Waals surface area contributed by atoms with E-state index >= 15 is 0 Å². The molecule has 13 aromatic rings. The molecule has 0 atom stereocenters. The van der Waals surface area contributed by atoms with Crippen LogP contribution in [-0.2, 0) is 5.41 Å². The van der Waals surface area contributed by atoms with Gasteiger partial charge in [-0.2, -0.15) is 0 Å². The van der Waals surface area contributed by atoms with E-state index in [0.717, 1.165) is 33.2 Å². The quantitative estimate of drug-likeness (QED) is 0.130. The summed E-state index contributed by atoms with van der Waals surface area (Å²) in [5, 5.41) is 18.8. The Balaban J connectivity index is 1.11. The molecule has 0 spiro atoms. The van der Waals surface area contributed by atoms with Gasteiger partial charge in [-0.25, -0.2) is 9.97 Å². The summed E-state index contributed by atoms with van der Waals surface area (Å²) < 4.78 is 2.32. The lowest BCUT2D eigenvalue weighted by molar-refractivity contribution is 0.661. The average molecular weight is 762 g/mol. The zero-order chi connectivity index (χ0) is 39.4. The molecule has 60 heavy (non-hydrogen) atoms. The van der Waals surface area contributed by atoms with Gasteiger partial charge in [0.2, 0.25) is 5.95 Å². The molecule has 0 unspecified atom stereocenters. The largest absolute Gasteiger partial charge is 0.278 e. The number of hydrogen-bond acceptors (Lipinski definition) is 2. The lowest BCUT2D eigenvalue weighted by Crippen LogP contribution is -2.14. The summed E-state index contributed by atoms with van der Waals surface area (Å²) >= 11 is 0. The third-order valence-electron chi connectivity index (χ3n) is 13.9. The molecule has 2 heterocycles. The number of para-hydroxylation sites is 2. The topological polar surface area (TPSA) is 30.7 Å². The van der Waals surface area contributed by atoms with E-state index in [9.17, 15) is 0 Å². The second-order valence-corrected chi connectivity index (χ2v) is 17.3. The molecule has 0 saturated carbocycles. The van der Waals surface area contributed by atoms with E-state index < -0.39 is 0 Å². The average Bonchev–Trinajstić information content (AvgIpc) is 3.75. The molecule has 278 valence electrons. The van der Waals surface area contributed by atoms with Gasteiger partial charge in [-0.15, -0.1) is 0 Å². The first-order valence-electron chi connectivity index (χ1n) is 20.9. The van der Waals surface area contributed by atoms with Gasteiger partial charge in [0.1, 0.15) is 0 Å². The van der Waals surface area contributed by atoms with Crippen molar-refractivity contribution in [3.05, 3.63) is 187 Å². The fourth-order valence-electron chi connectivity index (χ4n) is 11.2. The van der Waals surface area contributed by atoms with Crippen molar-refractivity contribution in [2.45, 2.75) is 19.3 Å². The van der Waals surface area contributed by atoms with Gasteiger partial charge in [0.25, 0.3) is 0 Å². The van der Waals surface area contributed by atoms with Crippen molar-refractivity contribution in [3.63, 3.8) is 0 Å². The van der Waals surface area contributed by atoms with Crippen LogP contribution in [-0.4, -0.2) is 14.5 Å². The van der Waals surface area contributed by atoms with Crippen LogP contribution in [0.1, 0.15) is 25.0 Å². The fraction of sp³-hybridized carbons (Fsp3) is 0.0526. The van der Waals surface area contributed by atoms with E-state index in [1.165, 1.54) is 97.7 Å². The SMILES string of the molecule is CC1(C)c2ccccc2-c2c1cc1c3cc4c(c5cccc(c6cccc2c61)c35)c1ccccc1n4-c1nc(-c2ccc3c(ccc4ccccc43)c2)c2ccccc2n1. The Morgan fingerprint density at radius 3 is 1.93 bits per heavy atom. The molecule has 3 heteroatoms. The number of rotatable bonds is 2. The molecule has 1 aliphatic carbocycles. The fourth-order valence-corrected chi connectivity index (χ4v) is 11.2. The monoisotopic (exact) mass is 761 g/mol. The highest BCUT2D eigenvalue weighted by Crippen LogP contribution is 2.55. The number of nitrogens with zero attached hydrogens (tertiary/aromatic N) is 3. The van der Waals surface area contributed by atoms with Crippen LogP contribution in [0.15, 0.2) is 176 Å². The van der Waals surface area contributed by atoms with Crippen LogP contribution in [0.5, 0.6) is 0 Å². The smallest absolute Gasteiger partial charge is 0.235 e. The molecule has 0 aliphatic heterocycles. The second kappa shape index (κ2) is 11.3. The van der Waals surface area contributed by atoms with Gasteiger partial charge in [-0.3, -0.25) is 4.57 Å². The van der Waals surface area contributed by atoms with Crippen LogP contribution in [0.2, 0.25) is 0 Å². The van der Waals surface area contributed by atoms with Crippen molar-refractivity contribution in [2.75, 3.05) is 0 Å². The standard InChI is InChI=1S/C57H35N3/c1-57(2)46-22-8-5-15-39(46)53-42-20-11-18-37-38-19-12-21-43-52(38)45(44(51(37)42)30-47(53)57)31-50-54(43)41-17-7-10-24-49(41)60(50)56-58-48-23-9-6-16-40(48)55(59-56)34-27-28-36-33(29-34)26-25-32-13-3-4-14-35(32)36/h3-31H,1-2H3. The zero-order valence-electron chi connectivity index (χ0n) is 33.1. The molecule has 3 nitrogen and oxygen atoms in total. The first-order chi connectivity index (χ1) is 29.5. The highest BCUT2D eigenvalue weighted by Gasteiger charge is 2.37. The number of hydrogen-bond donors (Lipinski definition) is 0. The number of benzene rings is 11. The van der Waals surface area contributed by atoms with Crippen LogP contribution < -0.4 is 0 Å². The van der Waals surface area contributed by atoms with Crippen molar-refractivity contribution in [3.8, 4) is 28.3 Å². The van der Waals surface area contributed by atoms with Crippen molar-refractivity contribution < 1.29 is 0 Å². The van der Waals surface area contributed by atoms with Crippen molar-refractivity contribution in [1.82, 2.24) is 14.5 Å². The van der Waals surface area contributed by atoms with E-state index in [1.807, 2.05) is 0 Å². The predicted molar refractivity (Wildman–Crippen MR) is 253 cm³/mol. The van der Waals surface area contributed by atoms with Gasteiger partial charge in [-0.05, 0) is 117 Å². The highest BCUT2D eigenvalue weighted by atomic mass is 15.2. The van der Waals surface area contributed by atoms with Crippen LogP contribution in [0.25, 0.3) is 126 Å². The third kappa shape index (κ3) is 4.04. The van der Waals surface area contributed by atoms with Gasteiger partial charge in [0.05, 0.1) is 22.2 Å². The van der Waals surface area contributed by atoms with Crippen LogP contribution in [0, 0.1) is 0 Å². The predicted octanol–water partition coefficient (Wildman–Crippen LogP) is 15.1. The zero-order valence-corrected chi connectivity index (χ0v) is 33.1. The molecule has 0 fully saturated rings. The van der Waals surface area contributed by atoms with Gasteiger partial charge < -0.3 is 0 Å². The van der Waals surface area contributed by atoms with Gasteiger partial charge >= 0.3 is 0 Å². The second-order valence-electron chi connectivity index (χ2n) is 17.3. The highest BCUT2D eigenvalue weighted by molar-refractivity contribution is 6.39. The molecule has 0 N–H and O–H groups in total. The summed E-state index contributed by atoms with van der Waals surface area (Å²) in [6.07, 6.45) is 0. The van der Waals surface area contributed by atoms with E-state index in [1.54, 1.807) is 0 Å². The van der Waals surface area contributed by atoms with Crippen molar-refractivity contribution in [1.29, 1.82) is 0 Å². The van der Waals surface area contributed by atoms with Gasteiger partial charge in [0, 0.05) is 27.1 Å². The Hall–Kier alpha value is -7.62. The first-order valence-corrected chi connectivity index (χ1v) is 20.9. The Bertz CT molecular complexity index is 4040. The van der Waals surface area contributed by atoms with Gasteiger partial charge in [0.15, 0.2) is 0 Å². The maximum Gasteiger partial charge on any atom is 0.235 e. The molecular weight excluding hydrogens is 727 g/mol. The Morgan fingerprint density at radius 2 is 1.05 bits per heavy atom. The molecule has 0 bridgehead atoms. The summed E-state index contributed by atoms with van der Waals surface area (Å²) in [7, 11) is 0. The minimum Gasteiger partial charge on any atom is -0.278 e. The first kappa shape index (κ1) is 32.3. The van der Waals surface area contributed by atoms with Crippen molar-refractivity contribution >= 4 is 97.3 Å². The Kier molecular flexibility index (Phi) is 6.10. The van der Waals surface area contributed by atoms with Crippen molar-refractivity contribution in [2.24, 2.45) is 0 Å². The normalized spacial score (nSPS) is 13.6. The molecule has 14 rings (SSSR count). The lowest BCUT2D eigenvalue weighted by Gasteiger charge is -2.23. The number of fused-ring (bicyclic) bond motifs is 14. The Labute approximate surface area is 345 Å². The molecule has 0 amide bonds. The van der Waals surface area contributed by atoms with Gasteiger partial charge in [-0.1, -0.05) is 159 Å². The van der Waals surface area contributed by atoms with E-state index in [-0.39, 0.29) is 5.41 Å². The lowest BCUT2D eigenvalue weighted by atomic mass is 9.80. The maximum absolute atomic E-state index is 5.57. The summed E-state index contributed by atoms with van der Waals surface area (Å²) in [4.78, 5) is 11.0. The summed E-state index contributed by atoms with van der Waals surface area (Å²) in [6.45, 7) is 4.78. The van der Waals surface area contributed by atoms with E-state index in [2.05, 4.69) is 194 Å². The number of aromatic nitrogens is 3. The maximum atomic E-state index is 5.57.